The van der Waals surface area contributed by atoms with Crippen LogP contribution in [0.4, 0.5) is 0 Å². The van der Waals surface area contributed by atoms with Gasteiger partial charge in [-0.2, -0.15) is 5.26 Å². The molecule has 0 radical (unpaired) electrons. The van der Waals surface area contributed by atoms with Crippen molar-refractivity contribution in [2.45, 2.75) is 31.6 Å². The number of nitrogens with zero attached hydrogens (tertiary/aromatic N) is 2. The number of nitriles is 1. The first-order chi connectivity index (χ1) is 11.5. The second-order valence-electron chi connectivity index (χ2n) is 6.34. The van der Waals surface area contributed by atoms with Crippen LogP contribution in [0.2, 0.25) is 0 Å². The summed E-state index contributed by atoms with van der Waals surface area (Å²) in [5.41, 5.74) is 2.38. The molecule has 24 heavy (non-hydrogen) atoms. The third-order valence-electron chi connectivity index (χ3n) is 4.40. The number of hydrogen-bond donors (Lipinski definition) is 1. The van der Waals surface area contributed by atoms with Crippen LogP contribution in [0.5, 0.6) is 0 Å². The highest BCUT2D eigenvalue weighted by Gasteiger charge is 2.19. The number of piperidine rings is 1. The minimum absolute atomic E-state index is 0.0967. The molecule has 6 heteroatoms. The lowest BCUT2D eigenvalue weighted by atomic mass is 9.97. The first kappa shape index (κ1) is 19.3. The van der Waals surface area contributed by atoms with E-state index in [1.54, 1.807) is 11.8 Å². The van der Waals surface area contributed by atoms with Crippen LogP contribution in [0, 0.1) is 31.1 Å². The second kappa shape index (κ2) is 9.45. The van der Waals surface area contributed by atoms with Crippen LogP contribution in [0.3, 0.4) is 0 Å². The van der Waals surface area contributed by atoms with Crippen molar-refractivity contribution < 1.29 is 4.79 Å². The summed E-state index contributed by atoms with van der Waals surface area (Å²) in [6.07, 6.45) is 2.11. The largest absolute Gasteiger partial charge is 0.355 e. The Bertz CT molecular complexity index is 621. The monoisotopic (exact) mass is 409 g/mol. The quantitative estimate of drug-likeness (QED) is 0.576. The van der Waals surface area contributed by atoms with E-state index >= 15 is 0 Å². The summed E-state index contributed by atoms with van der Waals surface area (Å²) in [5.74, 6) is 1.08. The van der Waals surface area contributed by atoms with Gasteiger partial charge in [-0.15, -0.1) is 11.8 Å². The normalized spacial score (nSPS) is 15.9. The van der Waals surface area contributed by atoms with Crippen LogP contribution in [0.15, 0.2) is 21.5 Å². The van der Waals surface area contributed by atoms with E-state index in [4.69, 9.17) is 5.26 Å². The molecule has 1 aliphatic rings. The summed E-state index contributed by atoms with van der Waals surface area (Å²) in [7, 11) is 0. The Labute approximate surface area is 157 Å². The minimum atomic E-state index is 0.0967. The molecular weight excluding hydrogens is 386 g/mol. The first-order valence-electron chi connectivity index (χ1n) is 8.25. The van der Waals surface area contributed by atoms with Crippen LogP contribution in [-0.4, -0.2) is 42.7 Å². The molecule has 0 aromatic heterocycles. The van der Waals surface area contributed by atoms with Gasteiger partial charge in [-0.3, -0.25) is 9.69 Å². The molecule has 1 saturated heterocycles. The minimum Gasteiger partial charge on any atom is -0.355 e. The Kier molecular flexibility index (Phi) is 7.60. The molecular formula is C18H24BrN3OS. The third kappa shape index (κ3) is 5.80. The summed E-state index contributed by atoms with van der Waals surface area (Å²) in [6, 6.07) is 6.43. The zero-order valence-electron chi connectivity index (χ0n) is 14.3. The number of hydrogen-bond acceptors (Lipinski definition) is 4. The molecule has 1 N–H and O–H groups in total. The number of carbonyl (C=O) groups excluding carboxylic acids is 1. The van der Waals surface area contributed by atoms with E-state index in [0.29, 0.717) is 18.2 Å². The summed E-state index contributed by atoms with van der Waals surface area (Å²) < 4.78 is 1.11. The number of thioether (sulfide) groups is 1. The first-order valence-corrected chi connectivity index (χ1v) is 10.0. The van der Waals surface area contributed by atoms with Gasteiger partial charge in [0.1, 0.15) is 0 Å². The molecule has 1 fully saturated rings. The van der Waals surface area contributed by atoms with E-state index in [1.807, 2.05) is 0 Å². The maximum atomic E-state index is 12.1. The van der Waals surface area contributed by atoms with Crippen LogP contribution < -0.4 is 5.32 Å². The van der Waals surface area contributed by atoms with Crippen molar-refractivity contribution in [2.24, 2.45) is 5.92 Å². The fourth-order valence-electron chi connectivity index (χ4n) is 2.81. The fraction of sp³-hybridized carbons (Fsp3) is 0.556. The summed E-state index contributed by atoms with van der Waals surface area (Å²) in [4.78, 5) is 15.4. The summed E-state index contributed by atoms with van der Waals surface area (Å²) in [5, 5.41) is 11.8. The van der Waals surface area contributed by atoms with Crippen molar-refractivity contribution in [1.82, 2.24) is 10.2 Å². The molecule has 0 unspecified atom stereocenters. The van der Waals surface area contributed by atoms with E-state index in [0.717, 1.165) is 41.8 Å². The van der Waals surface area contributed by atoms with Gasteiger partial charge in [-0.05, 0) is 69.0 Å². The zero-order valence-corrected chi connectivity index (χ0v) is 16.7. The van der Waals surface area contributed by atoms with Gasteiger partial charge in [0.2, 0.25) is 5.91 Å². The number of halogens is 1. The summed E-state index contributed by atoms with van der Waals surface area (Å²) >= 11 is 5.13. The van der Waals surface area contributed by atoms with Gasteiger partial charge in [0, 0.05) is 15.9 Å². The van der Waals surface area contributed by atoms with Crippen LogP contribution in [0.25, 0.3) is 0 Å². The molecule has 1 heterocycles. The van der Waals surface area contributed by atoms with Gasteiger partial charge >= 0.3 is 0 Å². The lowest BCUT2D eigenvalue weighted by Crippen LogP contribution is -2.39. The summed E-state index contributed by atoms with van der Waals surface area (Å²) in [6.45, 7) is 7.31. The second-order valence-corrected chi connectivity index (χ2v) is 8.21. The van der Waals surface area contributed by atoms with Crippen molar-refractivity contribution in [2.75, 3.05) is 31.9 Å². The van der Waals surface area contributed by atoms with E-state index in [2.05, 4.69) is 58.2 Å². The zero-order chi connectivity index (χ0) is 17.5. The molecule has 130 valence electrons. The lowest BCUT2D eigenvalue weighted by Gasteiger charge is -2.30. The van der Waals surface area contributed by atoms with E-state index in [1.165, 1.54) is 11.1 Å². The average Bonchev–Trinajstić information content (AvgIpc) is 2.56. The molecule has 1 amide bonds. The van der Waals surface area contributed by atoms with Gasteiger partial charge in [-0.25, -0.2) is 0 Å². The fourth-order valence-corrected chi connectivity index (χ4v) is 4.20. The average molecular weight is 410 g/mol. The highest BCUT2D eigenvalue weighted by Crippen LogP contribution is 2.28. The number of likely N-dealkylation sites (tertiary alicyclic amines) is 1. The van der Waals surface area contributed by atoms with Crippen molar-refractivity contribution >= 4 is 33.6 Å². The van der Waals surface area contributed by atoms with Gasteiger partial charge in [-0.1, -0.05) is 15.9 Å². The molecule has 0 spiro atoms. The number of benzene rings is 1. The Morgan fingerprint density at radius 2 is 2.08 bits per heavy atom. The number of amides is 1. The Balaban J connectivity index is 1.71. The molecule has 4 nitrogen and oxygen atoms in total. The van der Waals surface area contributed by atoms with Crippen LogP contribution in [-0.2, 0) is 4.79 Å². The highest BCUT2D eigenvalue weighted by molar-refractivity contribution is 9.10. The Hall–Kier alpha value is -1.03. The number of nitrogens with one attached hydrogen (secondary N) is 1. The molecule has 2 rings (SSSR count). The highest BCUT2D eigenvalue weighted by atomic mass is 79.9. The Morgan fingerprint density at radius 1 is 1.38 bits per heavy atom. The molecule has 1 aromatic rings. The third-order valence-corrected chi connectivity index (χ3v) is 6.42. The van der Waals surface area contributed by atoms with Crippen LogP contribution in [0.1, 0.15) is 24.0 Å². The lowest BCUT2D eigenvalue weighted by molar-refractivity contribution is -0.118. The van der Waals surface area contributed by atoms with E-state index in [-0.39, 0.29) is 5.91 Å². The maximum Gasteiger partial charge on any atom is 0.230 e. The number of carbonyl (C=O) groups is 1. The number of rotatable bonds is 6. The van der Waals surface area contributed by atoms with Crippen molar-refractivity contribution in [3.8, 4) is 6.07 Å². The van der Waals surface area contributed by atoms with Crippen molar-refractivity contribution in [1.29, 1.82) is 5.26 Å². The standard InChI is InChI=1S/C18H24BrN3OS/c1-13-10-17(14(2)9-16(13)19)24-12-18(23)21-11-15-3-6-22(7-4-15)8-5-20/h9-10,15H,3-4,6-8,11-12H2,1-2H3,(H,21,23). The van der Waals surface area contributed by atoms with Crippen LogP contribution >= 0.6 is 27.7 Å². The molecule has 1 aliphatic heterocycles. The maximum absolute atomic E-state index is 12.1. The Morgan fingerprint density at radius 3 is 2.75 bits per heavy atom. The van der Waals surface area contributed by atoms with Gasteiger partial charge in [0.05, 0.1) is 18.4 Å². The molecule has 0 bridgehead atoms. The molecule has 0 saturated carbocycles. The van der Waals surface area contributed by atoms with Gasteiger partial charge < -0.3 is 5.32 Å². The molecule has 0 aliphatic carbocycles. The van der Waals surface area contributed by atoms with Crippen molar-refractivity contribution in [3.05, 3.63) is 27.7 Å². The predicted molar refractivity (Wildman–Crippen MR) is 102 cm³/mol. The van der Waals surface area contributed by atoms with Crippen molar-refractivity contribution in [3.63, 3.8) is 0 Å². The SMILES string of the molecule is Cc1cc(SCC(=O)NCC2CCN(CC#N)CC2)c(C)cc1Br. The van der Waals surface area contributed by atoms with Gasteiger partial charge in [0.25, 0.3) is 0 Å². The molecule has 1 aromatic carbocycles. The predicted octanol–water partition coefficient (Wildman–Crippen LogP) is 3.51. The number of aryl methyl sites for hydroxylation is 2. The van der Waals surface area contributed by atoms with E-state index in [9.17, 15) is 4.79 Å². The molecule has 0 atom stereocenters. The van der Waals surface area contributed by atoms with Gasteiger partial charge in [0.15, 0.2) is 0 Å². The topological polar surface area (TPSA) is 56.1 Å². The van der Waals surface area contributed by atoms with E-state index < -0.39 is 0 Å². The smallest absolute Gasteiger partial charge is 0.230 e.